The van der Waals surface area contributed by atoms with Crippen LogP contribution in [0, 0.1) is 0 Å². The van der Waals surface area contributed by atoms with Crippen molar-refractivity contribution < 1.29 is 0 Å². The molecule has 126 valence electrons. The molecular weight excluding hydrogens is 354 g/mol. The van der Waals surface area contributed by atoms with Crippen LogP contribution < -0.4 is 0 Å². The maximum atomic E-state index is 4.31. The first-order valence-corrected chi connectivity index (χ1v) is 9.54. The Morgan fingerprint density at radius 3 is 2.68 bits per heavy atom. The third-order valence-corrected chi connectivity index (χ3v) is 5.60. The zero-order valence-electron chi connectivity index (χ0n) is 13.5. The van der Waals surface area contributed by atoms with Crippen molar-refractivity contribution >= 4 is 23.1 Å². The van der Waals surface area contributed by atoms with Gasteiger partial charge in [0.05, 0.1) is 11.4 Å². The van der Waals surface area contributed by atoms with Gasteiger partial charge in [0.1, 0.15) is 5.82 Å². The molecule has 0 saturated heterocycles. The maximum absolute atomic E-state index is 4.31. The van der Waals surface area contributed by atoms with Crippen LogP contribution in [0.3, 0.4) is 0 Å². The van der Waals surface area contributed by atoms with Gasteiger partial charge in [-0.15, -0.1) is 26.6 Å². The Hall–Kier alpha value is -2.52. The first-order valence-electron chi connectivity index (χ1n) is 7.67. The van der Waals surface area contributed by atoms with Gasteiger partial charge in [-0.05, 0) is 34.0 Å². The van der Waals surface area contributed by atoms with E-state index in [2.05, 4.69) is 43.2 Å². The molecule has 7 nitrogen and oxygen atoms in total. The molecule has 0 fully saturated rings. The number of para-hydroxylation sites is 1. The molecule has 0 amide bonds. The number of aromatic nitrogens is 7. The molecule has 0 saturated carbocycles. The van der Waals surface area contributed by atoms with Crippen molar-refractivity contribution in [1.82, 2.24) is 35.0 Å². The topological polar surface area (TPSA) is 74.3 Å². The lowest BCUT2D eigenvalue weighted by atomic mass is 10.3. The summed E-state index contributed by atoms with van der Waals surface area (Å²) < 4.78 is 3.77. The molecule has 3 heterocycles. The number of thioether (sulfide) groups is 1. The van der Waals surface area contributed by atoms with Crippen LogP contribution in [-0.2, 0) is 19.2 Å². The van der Waals surface area contributed by atoms with E-state index >= 15 is 0 Å². The SMILES string of the molecule is Cn1c(Cc2cccs2)nnc1SCc1nnnn1-c1ccccc1. The summed E-state index contributed by atoms with van der Waals surface area (Å²) in [6, 6.07) is 14.0. The number of thiophene rings is 1. The summed E-state index contributed by atoms with van der Waals surface area (Å²) in [4.78, 5) is 1.28. The summed E-state index contributed by atoms with van der Waals surface area (Å²) >= 11 is 3.31. The minimum absolute atomic E-state index is 0.618. The Morgan fingerprint density at radius 1 is 1.00 bits per heavy atom. The Balaban J connectivity index is 1.48. The van der Waals surface area contributed by atoms with Crippen LogP contribution in [0.15, 0.2) is 53.0 Å². The molecule has 0 radical (unpaired) electrons. The Labute approximate surface area is 152 Å². The fourth-order valence-electron chi connectivity index (χ4n) is 2.39. The van der Waals surface area contributed by atoms with Gasteiger partial charge in [0.15, 0.2) is 11.0 Å². The van der Waals surface area contributed by atoms with Crippen LogP contribution in [0.2, 0.25) is 0 Å². The summed E-state index contributed by atoms with van der Waals surface area (Å²) in [7, 11) is 1.99. The molecule has 4 aromatic rings. The van der Waals surface area contributed by atoms with Crippen molar-refractivity contribution in [2.24, 2.45) is 7.05 Å². The Morgan fingerprint density at radius 2 is 1.88 bits per heavy atom. The predicted molar refractivity (Wildman–Crippen MR) is 96.8 cm³/mol. The number of benzene rings is 1. The maximum Gasteiger partial charge on any atom is 0.191 e. The lowest BCUT2D eigenvalue weighted by molar-refractivity contribution is 0.748. The first-order chi connectivity index (χ1) is 12.3. The third-order valence-electron chi connectivity index (χ3n) is 3.70. The molecule has 0 bridgehead atoms. The molecule has 0 atom stereocenters. The van der Waals surface area contributed by atoms with Gasteiger partial charge < -0.3 is 4.57 Å². The smallest absolute Gasteiger partial charge is 0.191 e. The fourth-order valence-corrected chi connectivity index (χ4v) is 3.93. The molecule has 9 heteroatoms. The molecule has 3 aromatic heterocycles. The fraction of sp³-hybridized carbons (Fsp3) is 0.188. The highest BCUT2D eigenvalue weighted by molar-refractivity contribution is 7.98. The number of hydrogen-bond acceptors (Lipinski definition) is 7. The van der Waals surface area contributed by atoms with Crippen LogP contribution in [0.5, 0.6) is 0 Å². The minimum Gasteiger partial charge on any atom is -0.309 e. The molecule has 0 aliphatic heterocycles. The van der Waals surface area contributed by atoms with Crippen LogP contribution >= 0.6 is 23.1 Å². The molecule has 0 unspecified atom stereocenters. The zero-order chi connectivity index (χ0) is 17.1. The highest BCUT2D eigenvalue weighted by Gasteiger charge is 2.13. The summed E-state index contributed by atoms with van der Waals surface area (Å²) in [6.07, 6.45) is 0.795. The van der Waals surface area contributed by atoms with Gasteiger partial charge in [-0.25, -0.2) is 0 Å². The van der Waals surface area contributed by atoms with Crippen LogP contribution in [0.1, 0.15) is 16.5 Å². The van der Waals surface area contributed by atoms with Crippen molar-refractivity contribution in [2.75, 3.05) is 0 Å². The van der Waals surface area contributed by atoms with Crippen molar-refractivity contribution in [3.8, 4) is 5.69 Å². The lowest BCUT2D eigenvalue weighted by Crippen LogP contribution is -2.03. The van der Waals surface area contributed by atoms with Crippen molar-refractivity contribution in [3.05, 3.63) is 64.4 Å². The second-order valence-electron chi connectivity index (χ2n) is 5.35. The van der Waals surface area contributed by atoms with E-state index < -0.39 is 0 Å². The van der Waals surface area contributed by atoms with E-state index in [9.17, 15) is 0 Å². The van der Waals surface area contributed by atoms with E-state index in [0.29, 0.717) is 5.75 Å². The van der Waals surface area contributed by atoms with E-state index in [0.717, 1.165) is 28.9 Å². The van der Waals surface area contributed by atoms with Gasteiger partial charge in [-0.2, -0.15) is 4.68 Å². The third kappa shape index (κ3) is 3.47. The number of tetrazole rings is 1. The van der Waals surface area contributed by atoms with Crippen molar-refractivity contribution in [3.63, 3.8) is 0 Å². The lowest BCUT2D eigenvalue weighted by Gasteiger charge is -2.04. The molecule has 0 N–H and O–H groups in total. The second-order valence-corrected chi connectivity index (χ2v) is 7.32. The van der Waals surface area contributed by atoms with Crippen LogP contribution in [0.25, 0.3) is 5.69 Å². The Bertz CT molecular complexity index is 944. The summed E-state index contributed by atoms with van der Waals surface area (Å²) in [5.74, 6) is 2.35. The molecule has 0 spiro atoms. The number of rotatable bonds is 6. The van der Waals surface area contributed by atoms with Crippen molar-refractivity contribution in [2.45, 2.75) is 17.3 Å². The highest BCUT2D eigenvalue weighted by Crippen LogP contribution is 2.22. The van der Waals surface area contributed by atoms with E-state index in [4.69, 9.17) is 0 Å². The molecule has 1 aromatic carbocycles. The Kier molecular flexibility index (Phi) is 4.57. The van der Waals surface area contributed by atoms with E-state index in [1.165, 1.54) is 4.88 Å². The van der Waals surface area contributed by atoms with E-state index in [-0.39, 0.29) is 0 Å². The molecular formula is C16H15N7S2. The van der Waals surface area contributed by atoms with E-state index in [1.54, 1.807) is 27.8 Å². The molecule has 0 aliphatic rings. The van der Waals surface area contributed by atoms with E-state index in [1.807, 2.05) is 41.9 Å². The van der Waals surface area contributed by atoms with Crippen molar-refractivity contribution in [1.29, 1.82) is 0 Å². The normalized spacial score (nSPS) is 11.1. The number of nitrogens with zero attached hydrogens (tertiary/aromatic N) is 7. The van der Waals surface area contributed by atoms with Gasteiger partial charge in [0, 0.05) is 18.3 Å². The largest absolute Gasteiger partial charge is 0.309 e. The summed E-state index contributed by atoms with van der Waals surface area (Å²) in [5.41, 5.74) is 0.944. The van der Waals surface area contributed by atoms with Crippen LogP contribution in [0.4, 0.5) is 0 Å². The highest BCUT2D eigenvalue weighted by atomic mass is 32.2. The van der Waals surface area contributed by atoms with Crippen LogP contribution in [-0.4, -0.2) is 35.0 Å². The van der Waals surface area contributed by atoms with Gasteiger partial charge in [0.25, 0.3) is 0 Å². The average Bonchev–Trinajstić information content (AvgIpc) is 3.38. The quantitative estimate of drug-likeness (QED) is 0.487. The molecule has 0 aliphatic carbocycles. The van der Waals surface area contributed by atoms with Gasteiger partial charge >= 0.3 is 0 Å². The van der Waals surface area contributed by atoms with Gasteiger partial charge in [-0.3, -0.25) is 0 Å². The predicted octanol–water partition coefficient (Wildman–Crippen LogP) is 2.74. The standard InChI is InChI=1S/C16H15N7S2/c1-22-14(10-13-8-5-9-24-13)17-19-16(22)25-11-15-18-20-21-23(15)12-6-3-2-4-7-12/h2-9H,10-11H2,1H3. The second kappa shape index (κ2) is 7.16. The van der Waals surface area contributed by atoms with Gasteiger partial charge in [0.2, 0.25) is 0 Å². The molecule has 25 heavy (non-hydrogen) atoms. The first kappa shape index (κ1) is 16.0. The summed E-state index contributed by atoms with van der Waals surface area (Å²) in [5, 5.41) is 23.5. The monoisotopic (exact) mass is 369 g/mol. The molecule has 4 rings (SSSR count). The number of hydrogen-bond donors (Lipinski definition) is 0. The zero-order valence-corrected chi connectivity index (χ0v) is 15.1. The summed E-state index contributed by atoms with van der Waals surface area (Å²) in [6.45, 7) is 0. The minimum atomic E-state index is 0.618. The van der Waals surface area contributed by atoms with Gasteiger partial charge in [-0.1, -0.05) is 36.0 Å². The average molecular weight is 369 g/mol.